The maximum atomic E-state index is 13.8. The largest absolute Gasteiger partial charge is 0.495 e. The van der Waals surface area contributed by atoms with Crippen LogP contribution in [0, 0.1) is 6.92 Å². The lowest BCUT2D eigenvalue weighted by molar-refractivity contribution is -0.120. The topological polar surface area (TPSA) is 58.6 Å². The lowest BCUT2D eigenvalue weighted by Gasteiger charge is -2.18. The van der Waals surface area contributed by atoms with Gasteiger partial charge in [-0.3, -0.25) is 9.59 Å². The Bertz CT molecular complexity index is 1470. The molecule has 0 saturated heterocycles. The summed E-state index contributed by atoms with van der Waals surface area (Å²) in [6.45, 7) is 1.95. The van der Waals surface area contributed by atoms with Gasteiger partial charge in [-0.2, -0.15) is 0 Å². The molecule has 0 radical (unpaired) electrons. The third-order valence-electron chi connectivity index (χ3n) is 5.84. The molecule has 1 N–H and O–H groups in total. The molecule has 2 amide bonds. The van der Waals surface area contributed by atoms with E-state index in [0.29, 0.717) is 27.7 Å². The van der Waals surface area contributed by atoms with E-state index in [1.165, 1.54) is 4.90 Å². The highest BCUT2D eigenvalue weighted by Crippen LogP contribution is 2.38. The third-order valence-corrected chi connectivity index (χ3v) is 6.09. The molecule has 5 nitrogen and oxygen atoms in total. The van der Waals surface area contributed by atoms with Gasteiger partial charge >= 0.3 is 0 Å². The van der Waals surface area contributed by atoms with Crippen LogP contribution < -0.4 is 15.0 Å². The van der Waals surface area contributed by atoms with Crippen molar-refractivity contribution < 1.29 is 14.3 Å². The number of methoxy groups -OCH3 is 1. The molecule has 34 heavy (non-hydrogen) atoms. The summed E-state index contributed by atoms with van der Waals surface area (Å²) in [5.41, 5.74) is 3.18. The van der Waals surface area contributed by atoms with Gasteiger partial charge in [0.15, 0.2) is 0 Å². The summed E-state index contributed by atoms with van der Waals surface area (Å²) < 4.78 is 5.49. The number of hydrogen-bond donors (Lipinski definition) is 1. The molecule has 0 bridgehead atoms. The average molecular weight is 469 g/mol. The monoisotopic (exact) mass is 468 g/mol. The van der Waals surface area contributed by atoms with Crippen molar-refractivity contribution in [1.82, 2.24) is 0 Å². The quantitative estimate of drug-likeness (QED) is 0.354. The molecule has 0 unspecified atom stereocenters. The van der Waals surface area contributed by atoms with Crippen LogP contribution in [0.2, 0.25) is 5.02 Å². The van der Waals surface area contributed by atoms with E-state index in [4.69, 9.17) is 16.3 Å². The van der Waals surface area contributed by atoms with Gasteiger partial charge in [0.2, 0.25) is 0 Å². The number of ether oxygens (including phenoxy) is 1. The number of aryl methyl sites for hydroxylation is 1. The molecule has 168 valence electrons. The summed E-state index contributed by atoms with van der Waals surface area (Å²) in [5, 5.41) is 5.50. The number of rotatable bonds is 5. The summed E-state index contributed by atoms with van der Waals surface area (Å²) in [6, 6.07) is 25.8. The highest BCUT2D eigenvalue weighted by molar-refractivity contribution is 6.47. The summed E-state index contributed by atoms with van der Waals surface area (Å²) in [6.07, 6.45) is 0. The Morgan fingerprint density at radius 3 is 2.35 bits per heavy atom. The molecule has 0 atom stereocenters. The lowest BCUT2D eigenvalue weighted by atomic mass is 10.0. The number of anilines is 2. The smallest absolute Gasteiger partial charge is 0.282 e. The van der Waals surface area contributed by atoms with Crippen molar-refractivity contribution in [3.8, 4) is 5.75 Å². The van der Waals surface area contributed by atoms with Gasteiger partial charge < -0.3 is 10.1 Å². The number of fused-ring (bicyclic) bond motifs is 1. The zero-order valence-electron chi connectivity index (χ0n) is 18.6. The van der Waals surface area contributed by atoms with E-state index < -0.39 is 11.8 Å². The third kappa shape index (κ3) is 3.70. The van der Waals surface area contributed by atoms with E-state index in [-0.39, 0.29) is 11.3 Å². The van der Waals surface area contributed by atoms with Crippen molar-refractivity contribution in [2.24, 2.45) is 0 Å². The number of benzene rings is 4. The summed E-state index contributed by atoms with van der Waals surface area (Å²) >= 11 is 6.09. The Morgan fingerprint density at radius 1 is 0.853 bits per heavy atom. The Kier molecular flexibility index (Phi) is 5.56. The van der Waals surface area contributed by atoms with Gasteiger partial charge in [0.05, 0.1) is 24.1 Å². The number of imide groups is 1. The van der Waals surface area contributed by atoms with Crippen LogP contribution in [-0.2, 0) is 9.59 Å². The zero-order chi connectivity index (χ0) is 23.8. The summed E-state index contributed by atoms with van der Waals surface area (Å²) in [7, 11) is 1.56. The second-order valence-electron chi connectivity index (χ2n) is 8.03. The molecule has 0 aromatic heterocycles. The molecule has 1 aliphatic heterocycles. The Morgan fingerprint density at radius 2 is 1.59 bits per heavy atom. The first-order valence-corrected chi connectivity index (χ1v) is 11.1. The number of carbonyl (C=O) groups is 2. The highest BCUT2D eigenvalue weighted by Gasteiger charge is 2.41. The van der Waals surface area contributed by atoms with Crippen molar-refractivity contribution in [2.45, 2.75) is 6.92 Å². The van der Waals surface area contributed by atoms with Gasteiger partial charge in [-0.05, 0) is 53.8 Å². The fourth-order valence-corrected chi connectivity index (χ4v) is 4.33. The number of amides is 2. The predicted molar refractivity (Wildman–Crippen MR) is 136 cm³/mol. The van der Waals surface area contributed by atoms with Crippen LogP contribution in [0.1, 0.15) is 11.1 Å². The van der Waals surface area contributed by atoms with E-state index in [1.54, 1.807) is 37.4 Å². The molecule has 5 rings (SSSR count). The zero-order valence-corrected chi connectivity index (χ0v) is 19.4. The fourth-order valence-electron chi connectivity index (χ4n) is 4.21. The maximum absolute atomic E-state index is 13.8. The first kappa shape index (κ1) is 21.7. The van der Waals surface area contributed by atoms with E-state index in [9.17, 15) is 9.59 Å². The van der Waals surface area contributed by atoms with Crippen molar-refractivity contribution in [1.29, 1.82) is 0 Å². The summed E-state index contributed by atoms with van der Waals surface area (Å²) in [4.78, 5) is 28.9. The Labute approximate surface area is 202 Å². The molecule has 0 fully saturated rings. The molecular weight excluding hydrogens is 448 g/mol. The van der Waals surface area contributed by atoms with Crippen molar-refractivity contribution in [3.05, 3.63) is 107 Å². The molecule has 4 aromatic carbocycles. The summed E-state index contributed by atoms with van der Waals surface area (Å²) in [5.74, 6) is -0.273. The predicted octanol–water partition coefficient (Wildman–Crippen LogP) is 6.21. The first-order valence-electron chi connectivity index (χ1n) is 10.8. The Balaban J connectivity index is 1.68. The van der Waals surface area contributed by atoms with Gasteiger partial charge in [-0.1, -0.05) is 66.2 Å². The highest BCUT2D eigenvalue weighted by atomic mass is 35.5. The van der Waals surface area contributed by atoms with Crippen LogP contribution in [0.25, 0.3) is 16.3 Å². The first-order chi connectivity index (χ1) is 16.5. The van der Waals surface area contributed by atoms with E-state index in [1.807, 2.05) is 61.5 Å². The van der Waals surface area contributed by atoms with Crippen LogP contribution in [0.15, 0.2) is 90.6 Å². The van der Waals surface area contributed by atoms with E-state index in [0.717, 1.165) is 16.3 Å². The van der Waals surface area contributed by atoms with Crippen LogP contribution in [0.3, 0.4) is 0 Å². The second kappa shape index (κ2) is 8.69. The molecule has 6 heteroatoms. The lowest BCUT2D eigenvalue weighted by Crippen LogP contribution is -2.32. The van der Waals surface area contributed by atoms with Crippen molar-refractivity contribution in [3.63, 3.8) is 0 Å². The van der Waals surface area contributed by atoms with E-state index >= 15 is 0 Å². The normalized spacial score (nSPS) is 13.7. The number of carbonyl (C=O) groups excluding carboxylic acids is 2. The van der Waals surface area contributed by atoms with Gasteiger partial charge in [0, 0.05) is 10.4 Å². The standard InChI is InChI=1S/C28H21ClN2O3/c1-17-10-15-24(34-2)22(16-17)30-26-25(19-11-13-20(29)14-12-19)27(32)31(28(26)33)23-9-5-7-18-6-3-4-8-21(18)23/h3-16,30H,1-2H3. The SMILES string of the molecule is COc1ccc(C)cc1NC1=C(c2ccc(Cl)cc2)C(=O)N(c2cccc3ccccc23)C1=O. The average Bonchev–Trinajstić information content (AvgIpc) is 3.08. The molecule has 1 aliphatic rings. The van der Waals surface area contributed by atoms with Gasteiger partial charge in [-0.15, -0.1) is 0 Å². The fraction of sp³-hybridized carbons (Fsp3) is 0.0714. The molecule has 0 saturated carbocycles. The molecule has 0 spiro atoms. The Hall–Kier alpha value is -4.09. The number of nitrogens with one attached hydrogen (secondary N) is 1. The van der Waals surface area contributed by atoms with Crippen LogP contribution in [0.5, 0.6) is 5.75 Å². The molecule has 1 heterocycles. The number of hydrogen-bond acceptors (Lipinski definition) is 4. The molecular formula is C28H21ClN2O3. The van der Waals surface area contributed by atoms with Gasteiger partial charge in [0.25, 0.3) is 11.8 Å². The maximum Gasteiger partial charge on any atom is 0.282 e. The molecule has 0 aliphatic carbocycles. The minimum absolute atomic E-state index is 0.184. The van der Waals surface area contributed by atoms with Gasteiger partial charge in [0.1, 0.15) is 11.4 Å². The van der Waals surface area contributed by atoms with Crippen LogP contribution in [0.4, 0.5) is 11.4 Å². The second-order valence-corrected chi connectivity index (χ2v) is 8.47. The molecule has 4 aromatic rings. The minimum Gasteiger partial charge on any atom is -0.495 e. The van der Waals surface area contributed by atoms with Crippen molar-refractivity contribution >= 4 is 51.1 Å². The van der Waals surface area contributed by atoms with E-state index in [2.05, 4.69) is 5.32 Å². The van der Waals surface area contributed by atoms with Crippen LogP contribution in [-0.4, -0.2) is 18.9 Å². The van der Waals surface area contributed by atoms with Crippen LogP contribution >= 0.6 is 11.6 Å². The number of nitrogens with zero attached hydrogens (tertiary/aromatic N) is 1. The minimum atomic E-state index is -0.435. The van der Waals surface area contributed by atoms with Gasteiger partial charge in [-0.25, -0.2) is 4.90 Å². The van der Waals surface area contributed by atoms with Crippen molar-refractivity contribution in [2.75, 3.05) is 17.3 Å². The number of halogens is 1.